The standard InChI is InChI=1S/C12H16N4OS3/c1-8(9-5-6-18-7-9)19-11-14-13-10(20-11)16(4)12(17)15(2)3/h5-8H,1-4H3. The number of rotatable bonds is 4. The highest BCUT2D eigenvalue weighted by Gasteiger charge is 2.18. The Hall–Kier alpha value is -1.12. The number of anilines is 1. The summed E-state index contributed by atoms with van der Waals surface area (Å²) in [6.07, 6.45) is 0. The third kappa shape index (κ3) is 3.50. The average Bonchev–Trinajstić information content (AvgIpc) is 3.07. The number of hydrogen-bond donors (Lipinski definition) is 0. The number of hydrogen-bond acceptors (Lipinski definition) is 6. The van der Waals surface area contributed by atoms with Gasteiger partial charge in [-0.25, -0.2) is 4.79 Å². The van der Waals surface area contributed by atoms with Crippen LogP contribution in [0, 0.1) is 0 Å². The van der Waals surface area contributed by atoms with Crippen molar-refractivity contribution < 1.29 is 4.79 Å². The zero-order chi connectivity index (χ0) is 14.7. The first-order valence-corrected chi connectivity index (χ1v) is 8.60. The highest BCUT2D eigenvalue weighted by Crippen LogP contribution is 2.38. The van der Waals surface area contributed by atoms with Gasteiger partial charge in [-0.3, -0.25) is 4.90 Å². The molecule has 1 unspecified atom stereocenters. The Bertz CT molecular complexity index is 567. The highest BCUT2D eigenvalue weighted by atomic mass is 32.2. The van der Waals surface area contributed by atoms with E-state index in [1.165, 1.54) is 26.7 Å². The highest BCUT2D eigenvalue weighted by molar-refractivity contribution is 8.01. The van der Waals surface area contributed by atoms with Crippen molar-refractivity contribution in [1.29, 1.82) is 0 Å². The smallest absolute Gasteiger partial charge is 0.325 e. The Morgan fingerprint density at radius 1 is 1.35 bits per heavy atom. The number of thioether (sulfide) groups is 1. The van der Waals surface area contributed by atoms with Crippen LogP contribution in [0.15, 0.2) is 21.2 Å². The minimum Gasteiger partial charge on any atom is -0.330 e. The molecule has 0 aliphatic carbocycles. The van der Waals surface area contributed by atoms with Crippen molar-refractivity contribution in [3.05, 3.63) is 22.4 Å². The molecule has 2 heterocycles. The van der Waals surface area contributed by atoms with Gasteiger partial charge in [-0.2, -0.15) is 11.3 Å². The van der Waals surface area contributed by atoms with E-state index in [4.69, 9.17) is 0 Å². The molecule has 8 heteroatoms. The fraction of sp³-hybridized carbons (Fsp3) is 0.417. The van der Waals surface area contributed by atoms with Crippen LogP contribution in [-0.2, 0) is 0 Å². The Morgan fingerprint density at radius 3 is 2.70 bits per heavy atom. The molecule has 0 aliphatic heterocycles. The van der Waals surface area contributed by atoms with Crippen molar-refractivity contribution in [2.75, 3.05) is 26.0 Å². The Kier molecular flexibility index (Phi) is 5.00. The van der Waals surface area contributed by atoms with Crippen molar-refractivity contribution in [1.82, 2.24) is 15.1 Å². The van der Waals surface area contributed by atoms with Gasteiger partial charge < -0.3 is 4.90 Å². The van der Waals surface area contributed by atoms with E-state index in [0.717, 1.165) is 4.34 Å². The summed E-state index contributed by atoms with van der Waals surface area (Å²) in [5.74, 6) is 0. The lowest BCUT2D eigenvalue weighted by atomic mass is 10.3. The molecule has 0 aromatic carbocycles. The van der Waals surface area contributed by atoms with Gasteiger partial charge >= 0.3 is 6.03 Å². The molecule has 2 aromatic heterocycles. The SMILES string of the molecule is CC(Sc1nnc(N(C)C(=O)N(C)C)s1)c1ccsc1. The number of aromatic nitrogens is 2. The van der Waals surface area contributed by atoms with E-state index in [0.29, 0.717) is 10.4 Å². The summed E-state index contributed by atoms with van der Waals surface area (Å²) in [4.78, 5) is 14.9. The maximum Gasteiger partial charge on any atom is 0.325 e. The van der Waals surface area contributed by atoms with Crippen LogP contribution in [0.3, 0.4) is 0 Å². The van der Waals surface area contributed by atoms with Crippen LogP contribution < -0.4 is 4.90 Å². The van der Waals surface area contributed by atoms with Crippen molar-refractivity contribution in [2.24, 2.45) is 0 Å². The predicted molar refractivity (Wildman–Crippen MR) is 86.0 cm³/mol. The predicted octanol–water partition coefficient (Wildman–Crippen LogP) is 3.57. The molecular formula is C12H16N4OS3. The number of carbonyl (C=O) groups excluding carboxylic acids is 1. The van der Waals surface area contributed by atoms with Gasteiger partial charge in [0.1, 0.15) is 0 Å². The average molecular weight is 328 g/mol. The number of amides is 2. The molecule has 2 rings (SSSR count). The second-order valence-corrected chi connectivity index (χ2v) is 7.73. The molecule has 108 valence electrons. The lowest BCUT2D eigenvalue weighted by molar-refractivity contribution is 0.225. The minimum absolute atomic E-state index is 0.108. The summed E-state index contributed by atoms with van der Waals surface area (Å²) in [5, 5.41) is 13.4. The van der Waals surface area contributed by atoms with Gasteiger partial charge in [-0.1, -0.05) is 23.1 Å². The zero-order valence-electron chi connectivity index (χ0n) is 11.7. The Balaban J connectivity index is 2.04. The van der Waals surface area contributed by atoms with Crippen molar-refractivity contribution in [3.63, 3.8) is 0 Å². The summed E-state index contributed by atoms with van der Waals surface area (Å²) in [5.41, 5.74) is 1.29. The zero-order valence-corrected chi connectivity index (χ0v) is 14.2. The van der Waals surface area contributed by atoms with Crippen LogP contribution in [0.25, 0.3) is 0 Å². The Morgan fingerprint density at radius 2 is 2.10 bits per heavy atom. The van der Waals surface area contributed by atoms with Gasteiger partial charge in [0.2, 0.25) is 5.13 Å². The van der Waals surface area contributed by atoms with Crippen LogP contribution in [0.4, 0.5) is 9.93 Å². The molecule has 0 radical (unpaired) electrons. The number of thiophene rings is 1. The first-order chi connectivity index (χ1) is 9.49. The number of carbonyl (C=O) groups is 1. The van der Waals surface area contributed by atoms with Crippen molar-refractivity contribution in [3.8, 4) is 0 Å². The molecule has 0 saturated heterocycles. The topological polar surface area (TPSA) is 49.3 Å². The number of urea groups is 1. The van der Waals surface area contributed by atoms with E-state index in [2.05, 4.69) is 33.9 Å². The van der Waals surface area contributed by atoms with Gasteiger partial charge in [0, 0.05) is 26.4 Å². The summed E-state index contributed by atoms with van der Waals surface area (Å²) in [6.45, 7) is 2.14. The minimum atomic E-state index is -0.108. The van der Waals surface area contributed by atoms with Crippen LogP contribution >= 0.6 is 34.4 Å². The molecule has 0 saturated carbocycles. The van der Waals surface area contributed by atoms with Crippen LogP contribution in [0.1, 0.15) is 17.7 Å². The van der Waals surface area contributed by atoms with E-state index >= 15 is 0 Å². The maximum atomic E-state index is 11.8. The molecule has 2 amide bonds. The molecule has 20 heavy (non-hydrogen) atoms. The van der Waals surface area contributed by atoms with E-state index in [-0.39, 0.29) is 6.03 Å². The van der Waals surface area contributed by atoms with Crippen molar-refractivity contribution >= 4 is 45.6 Å². The Labute approximate surface area is 130 Å². The lowest BCUT2D eigenvalue weighted by Gasteiger charge is -2.18. The first-order valence-electron chi connectivity index (χ1n) is 5.96. The quantitative estimate of drug-likeness (QED) is 0.636. The largest absolute Gasteiger partial charge is 0.330 e. The lowest BCUT2D eigenvalue weighted by Crippen LogP contribution is -2.36. The molecule has 0 spiro atoms. The molecule has 0 N–H and O–H groups in total. The first kappa shape index (κ1) is 15.3. The van der Waals surface area contributed by atoms with Gasteiger partial charge in [0.25, 0.3) is 0 Å². The van der Waals surface area contributed by atoms with Gasteiger partial charge in [-0.15, -0.1) is 10.2 Å². The third-order valence-corrected chi connectivity index (χ3v) is 5.59. The van der Waals surface area contributed by atoms with Gasteiger partial charge in [0.15, 0.2) is 4.34 Å². The van der Waals surface area contributed by atoms with Gasteiger partial charge in [0.05, 0.1) is 0 Å². The summed E-state index contributed by atoms with van der Waals surface area (Å²) < 4.78 is 0.872. The summed E-state index contributed by atoms with van der Waals surface area (Å²) >= 11 is 4.79. The monoisotopic (exact) mass is 328 g/mol. The second kappa shape index (κ2) is 6.55. The molecular weight excluding hydrogens is 312 g/mol. The maximum absolute atomic E-state index is 11.8. The van der Waals surface area contributed by atoms with Crippen LogP contribution in [0.2, 0.25) is 0 Å². The van der Waals surface area contributed by atoms with Crippen LogP contribution in [0.5, 0.6) is 0 Å². The van der Waals surface area contributed by atoms with Crippen molar-refractivity contribution in [2.45, 2.75) is 16.5 Å². The van der Waals surface area contributed by atoms with E-state index in [1.807, 2.05) is 0 Å². The molecule has 0 bridgehead atoms. The van der Waals surface area contributed by atoms with E-state index in [1.54, 1.807) is 44.2 Å². The molecule has 1 atom stereocenters. The molecule has 0 aliphatic rings. The fourth-order valence-electron chi connectivity index (χ4n) is 1.49. The fourth-order valence-corrected chi connectivity index (χ4v) is 4.39. The molecule has 2 aromatic rings. The third-order valence-electron chi connectivity index (χ3n) is 2.64. The van der Waals surface area contributed by atoms with E-state index in [9.17, 15) is 4.79 Å². The van der Waals surface area contributed by atoms with Crippen LogP contribution in [-0.4, -0.2) is 42.3 Å². The summed E-state index contributed by atoms with van der Waals surface area (Å²) in [6, 6.07) is 2.01. The summed E-state index contributed by atoms with van der Waals surface area (Å²) in [7, 11) is 5.14. The second-order valence-electron chi connectivity index (χ2n) is 4.40. The molecule has 0 fully saturated rings. The van der Waals surface area contributed by atoms with E-state index < -0.39 is 0 Å². The van der Waals surface area contributed by atoms with Gasteiger partial charge in [-0.05, 0) is 29.3 Å². The molecule has 5 nitrogen and oxygen atoms in total. The normalized spacial score (nSPS) is 12.2. The number of nitrogens with zero attached hydrogens (tertiary/aromatic N) is 4.